The summed E-state index contributed by atoms with van der Waals surface area (Å²) < 4.78 is 6.26. The number of aromatic nitrogens is 1. The van der Waals surface area contributed by atoms with Crippen LogP contribution in [0.4, 0.5) is 0 Å². The van der Waals surface area contributed by atoms with E-state index in [-0.39, 0.29) is 11.5 Å². The third kappa shape index (κ3) is 3.91. The fourth-order valence-corrected chi connectivity index (χ4v) is 5.28. The largest absolute Gasteiger partial charge is 0.375 e. The first-order chi connectivity index (χ1) is 12.0. The highest BCUT2D eigenvalue weighted by molar-refractivity contribution is 7.13. The Morgan fingerprint density at radius 3 is 2.56 bits per heavy atom. The van der Waals surface area contributed by atoms with Crippen LogP contribution in [0.15, 0.2) is 0 Å². The molecule has 0 aromatic carbocycles. The van der Waals surface area contributed by atoms with Crippen molar-refractivity contribution in [3.8, 4) is 0 Å². The maximum atomic E-state index is 12.8. The third-order valence-electron chi connectivity index (χ3n) is 5.86. The van der Waals surface area contributed by atoms with Crippen molar-refractivity contribution in [3.63, 3.8) is 0 Å². The molecule has 0 bridgehead atoms. The molecule has 0 saturated carbocycles. The van der Waals surface area contributed by atoms with E-state index in [9.17, 15) is 4.79 Å². The summed E-state index contributed by atoms with van der Waals surface area (Å²) in [5.41, 5.74) is 0.837. The Hall–Kier alpha value is -0.980. The first kappa shape index (κ1) is 18.8. The van der Waals surface area contributed by atoms with Gasteiger partial charge in [0.2, 0.25) is 0 Å². The summed E-state index contributed by atoms with van der Waals surface area (Å²) in [6.07, 6.45) is 4.14. The Labute approximate surface area is 155 Å². The standard InChI is InChI=1S/C19H31N3O2S/c1-5-21(6-2)16-7-12-24-19(13-16)8-10-22(11-9-19)18(23)17-14(3)20-15(4)25-17/h16H,5-13H2,1-4H3. The highest BCUT2D eigenvalue weighted by Crippen LogP contribution is 2.37. The second kappa shape index (κ2) is 7.72. The third-order valence-corrected chi connectivity index (χ3v) is 6.92. The van der Waals surface area contributed by atoms with Crippen LogP contribution in [0, 0.1) is 13.8 Å². The van der Waals surface area contributed by atoms with E-state index >= 15 is 0 Å². The number of likely N-dealkylation sites (tertiary alicyclic amines) is 1. The lowest BCUT2D eigenvalue weighted by Gasteiger charge is -2.48. The van der Waals surface area contributed by atoms with Gasteiger partial charge >= 0.3 is 0 Å². The van der Waals surface area contributed by atoms with E-state index in [1.54, 1.807) is 0 Å². The Bertz CT molecular complexity index is 604. The SMILES string of the molecule is CCN(CC)C1CCOC2(CCN(C(=O)c3sc(C)nc3C)CC2)C1. The molecule has 2 aliphatic rings. The van der Waals surface area contributed by atoms with Gasteiger partial charge in [-0.15, -0.1) is 11.3 Å². The highest BCUT2D eigenvalue weighted by Gasteiger charge is 2.42. The van der Waals surface area contributed by atoms with Gasteiger partial charge in [-0.25, -0.2) is 4.98 Å². The molecule has 6 heteroatoms. The zero-order valence-corrected chi connectivity index (χ0v) is 16.8. The van der Waals surface area contributed by atoms with Gasteiger partial charge in [0, 0.05) is 25.7 Å². The second-order valence-electron chi connectivity index (χ2n) is 7.34. The summed E-state index contributed by atoms with van der Waals surface area (Å²) >= 11 is 1.51. The Balaban J connectivity index is 1.63. The minimum Gasteiger partial charge on any atom is -0.375 e. The molecule has 25 heavy (non-hydrogen) atoms. The summed E-state index contributed by atoms with van der Waals surface area (Å²) in [6, 6.07) is 0.623. The molecule has 0 aliphatic carbocycles. The van der Waals surface area contributed by atoms with Crippen LogP contribution >= 0.6 is 11.3 Å². The maximum absolute atomic E-state index is 12.8. The van der Waals surface area contributed by atoms with E-state index < -0.39 is 0 Å². The first-order valence-electron chi connectivity index (χ1n) is 9.59. The number of piperidine rings is 1. The van der Waals surface area contributed by atoms with Crippen LogP contribution in [-0.4, -0.2) is 65.1 Å². The summed E-state index contributed by atoms with van der Waals surface area (Å²) in [7, 11) is 0. The smallest absolute Gasteiger partial charge is 0.265 e. The van der Waals surface area contributed by atoms with Gasteiger partial charge in [0.1, 0.15) is 4.88 Å². The molecular formula is C19H31N3O2S. The minimum absolute atomic E-state index is 0.0268. The predicted molar refractivity (Wildman–Crippen MR) is 101 cm³/mol. The first-order valence-corrected chi connectivity index (χ1v) is 10.4. The van der Waals surface area contributed by atoms with E-state index in [2.05, 4.69) is 23.7 Å². The lowest BCUT2D eigenvalue weighted by molar-refractivity contribution is -0.129. The van der Waals surface area contributed by atoms with Gasteiger partial charge in [-0.05, 0) is 52.6 Å². The van der Waals surface area contributed by atoms with E-state index in [0.717, 1.165) is 74.0 Å². The number of ether oxygens (including phenoxy) is 1. The molecule has 0 N–H and O–H groups in total. The molecule has 2 fully saturated rings. The fourth-order valence-electron chi connectivity index (χ4n) is 4.39. The molecular weight excluding hydrogens is 334 g/mol. The lowest BCUT2D eigenvalue weighted by Crippen LogP contribution is -2.54. The summed E-state index contributed by atoms with van der Waals surface area (Å²) in [5.74, 6) is 0.147. The number of carbonyl (C=O) groups excluding carboxylic acids is 1. The molecule has 5 nitrogen and oxygen atoms in total. The topological polar surface area (TPSA) is 45.7 Å². The molecule has 1 amide bonds. The van der Waals surface area contributed by atoms with Crippen LogP contribution in [0.1, 0.15) is 59.9 Å². The van der Waals surface area contributed by atoms with Gasteiger partial charge < -0.3 is 14.5 Å². The summed E-state index contributed by atoms with van der Waals surface area (Å²) in [4.78, 5) is 22.6. The Kier molecular flexibility index (Phi) is 5.81. The molecule has 2 aliphatic heterocycles. The van der Waals surface area contributed by atoms with Crippen molar-refractivity contribution in [2.45, 2.75) is 65.0 Å². The monoisotopic (exact) mass is 365 g/mol. The number of hydrogen-bond acceptors (Lipinski definition) is 5. The second-order valence-corrected chi connectivity index (χ2v) is 8.54. The Morgan fingerprint density at radius 1 is 1.32 bits per heavy atom. The highest BCUT2D eigenvalue weighted by atomic mass is 32.1. The lowest BCUT2D eigenvalue weighted by atomic mass is 9.81. The van der Waals surface area contributed by atoms with Crippen molar-refractivity contribution in [3.05, 3.63) is 15.6 Å². The van der Waals surface area contributed by atoms with Crippen molar-refractivity contribution >= 4 is 17.2 Å². The van der Waals surface area contributed by atoms with Gasteiger partial charge in [-0.3, -0.25) is 4.79 Å². The predicted octanol–water partition coefficient (Wildman–Crippen LogP) is 3.26. The van der Waals surface area contributed by atoms with Crippen LogP contribution in [0.5, 0.6) is 0 Å². The van der Waals surface area contributed by atoms with Crippen molar-refractivity contribution in [2.75, 3.05) is 32.8 Å². The number of carbonyl (C=O) groups is 1. The maximum Gasteiger partial charge on any atom is 0.265 e. The molecule has 0 radical (unpaired) electrons. The van der Waals surface area contributed by atoms with Crippen LogP contribution in [0.25, 0.3) is 0 Å². The quantitative estimate of drug-likeness (QED) is 0.822. The number of aryl methyl sites for hydroxylation is 2. The van der Waals surface area contributed by atoms with E-state index in [4.69, 9.17) is 4.74 Å². The zero-order valence-electron chi connectivity index (χ0n) is 16.0. The van der Waals surface area contributed by atoms with Crippen molar-refractivity contribution in [1.82, 2.24) is 14.8 Å². The van der Waals surface area contributed by atoms with Gasteiger partial charge in [0.25, 0.3) is 5.91 Å². The minimum atomic E-state index is -0.0268. The van der Waals surface area contributed by atoms with E-state index in [1.807, 2.05) is 18.7 Å². The van der Waals surface area contributed by atoms with Gasteiger partial charge in [0.15, 0.2) is 0 Å². The van der Waals surface area contributed by atoms with Crippen LogP contribution in [0.2, 0.25) is 0 Å². The zero-order chi connectivity index (χ0) is 18.0. The molecule has 1 spiro atoms. The number of nitrogens with zero attached hydrogens (tertiary/aromatic N) is 3. The molecule has 3 heterocycles. The van der Waals surface area contributed by atoms with Crippen LogP contribution in [-0.2, 0) is 4.74 Å². The van der Waals surface area contributed by atoms with E-state index in [1.165, 1.54) is 11.3 Å². The average molecular weight is 366 g/mol. The van der Waals surface area contributed by atoms with Crippen molar-refractivity contribution in [1.29, 1.82) is 0 Å². The van der Waals surface area contributed by atoms with Gasteiger partial charge in [0.05, 0.1) is 16.3 Å². The molecule has 1 unspecified atom stereocenters. The van der Waals surface area contributed by atoms with E-state index in [0.29, 0.717) is 6.04 Å². The average Bonchev–Trinajstić information content (AvgIpc) is 2.95. The molecule has 140 valence electrons. The molecule has 3 rings (SSSR count). The molecule has 2 saturated heterocycles. The number of rotatable bonds is 4. The fraction of sp³-hybridized carbons (Fsp3) is 0.789. The normalized spacial score (nSPS) is 23.4. The van der Waals surface area contributed by atoms with Gasteiger partial charge in [-0.2, -0.15) is 0 Å². The molecule has 1 aromatic rings. The summed E-state index contributed by atoms with van der Waals surface area (Å²) in [6.45, 7) is 13.0. The Morgan fingerprint density at radius 2 is 2.00 bits per heavy atom. The van der Waals surface area contributed by atoms with Crippen LogP contribution < -0.4 is 0 Å². The van der Waals surface area contributed by atoms with Crippen molar-refractivity contribution in [2.24, 2.45) is 0 Å². The molecule has 1 aromatic heterocycles. The number of hydrogen-bond donors (Lipinski definition) is 0. The van der Waals surface area contributed by atoms with Crippen LogP contribution in [0.3, 0.4) is 0 Å². The van der Waals surface area contributed by atoms with Crippen molar-refractivity contribution < 1.29 is 9.53 Å². The number of amides is 1. The summed E-state index contributed by atoms with van der Waals surface area (Å²) in [5, 5.41) is 0.965. The number of thiazole rings is 1. The van der Waals surface area contributed by atoms with Gasteiger partial charge in [-0.1, -0.05) is 13.8 Å². The molecule has 1 atom stereocenters.